The molecular weight excluding hydrogens is 142 g/mol. The number of nitrogens with zero attached hydrogens (tertiary/aromatic N) is 1. The van der Waals surface area contributed by atoms with Gasteiger partial charge in [0, 0.05) is 11.5 Å². The minimum atomic E-state index is 0.965. The van der Waals surface area contributed by atoms with Gasteiger partial charge in [0.05, 0.1) is 5.03 Å². The zero-order chi connectivity index (χ0) is 7.40. The number of allylic oxidation sites excluding steroid dienone is 1. The fraction of sp³-hybridized carbons (Fsp3) is 0.375. The molecule has 0 aromatic carbocycles. The molecule has 1 rings (SSSR count). The third kappa shape index (κ3) is 1.74. The van der Waals surface area contributed by atoms with Gasteiger partial charge in [-0.1, -0.05) is 13.0 Å². The molecule has 0 bridgehead atoms. The molecule has 0 aliphatic carbocycles. The van der Waals surface area contributed by atoms with Crippen LogP contribution in [-0.2, 0) is 0 Å². The molecule has 2 heteroatoms. The Labute approximate surface area is 65.9 Å². The Kier molecular flexibility index (Phi) is 2.75. The molecule has 0 saturated heterocycles. The molecular formula is C8H11NS. The van der Waals surface area contributed by atoms with Crippen molar-refractivity contribution >= 4 is 17.5 Å². The molecule has 0 N–H and O–H groups in total. The van der Waals surface area contributed by atoms with Crippen LogP contribution in [0, 0.1) is 0 Å². The quantitative estimate of drug-likeness (QED) is 0.565. The van der Waals surface area contributed by atoms with Crippen LogP contribution >= 0.6 is 11.8 Å². The van der Waals surface area contributed by atoms with E-state index in [0.717, 1.165) is 17.2 Å². The summed E-state index contributed by atoms with van der Waals surface area (Å²) >= 11 is 1.74. The minimum Gasteiger partial charge on any atom is -0.246 e. The van der Waals surface area contributed by atoms with Crippen molar-refractivity contribution in [2.24, 2.45) is 4.99 Å². The second-order valence-electron chi connectivity index (χ2n) is 2.04. The Morgan fingerprint density at radius 3 is 3.00 bits per heavy atom. The van der Waals surface area contributed by atoms with Crippen molar-refractivity contribution in [2.45, 2.75) is 13.3 Å². The maximum Gasteiger partial charge on any atom is 0.0984 e. The molecule has 1 aliphatic rings. The van der Waals surface area contributed by atoms with Gasteiger partial charge in [-0.25, -0.2) is 4.99 Å². The third-order valence-electron chi connectivity index (χ3n) is 1.26. The predicted molar refractivity (Wildman–Crippen MR) is 48.5 cm³/mol. The maximum absolute atomic E-state index is 4.27. The van der Waals surface area contributed by atoms with E-state index in [0.29, 0.717) is 0 Å². The fourth-order valence-electron chi connectivity index (χ4n) is 0.682. The Hall–Kier alpha value is -0.500. The highest BCUT2D eigenvalue weighted by molar-refractivity contribution is 8.03. The van der Waals surface area contributed by atoms with Crippen molar-refractivity contribution in [1.29, 1.82) is 0 Å². The first kappa shape index (κ1) is 7.61. The average Bonchev–Trinajstić information content (AvgIpc) is 1.86. The maximum atomic E-state index is 4.27. The Balaban J connectivity index is 2.18. The lowest BCUT2D eigenvalue weighted by Gasteiger charge is -2.10. The van der Waals surface area contributed by atoms with Crippen molar-refractivity contribution in [3.8, 4) is 0 Å². The molecule has 1 heterocycles. The van der Waals surface area contributed by atoms with E-state index >= 15 is 0 Å². The fourth-order valence-corrected chi connectivity index (χ4v) is 1.37. The smallest absolute Gasteiger partial charge is 0.0984 e. The first-order chi connectivity index (χ1) is 4.86. The van der Waals surface area contributed by atoms with Gasteiger partial charge < -0.3 is 0 Å². The summed E-state index contributed by atoms with van der Waals surface area (Å²) in [7, 11) is 0. The largest absolute Gasteiger partial charge is 0.246 e. The highest BCUT2D eigenvalue weighted by Crippen LogP contribution is 2.24. The topological polar surface area (TPSA) is 12.4 Å². The molecule has 0 unspecified atom stereocenters. The molecule has 0 radical (unpaired) electrons. The van der Waals surface area contributed by atoms with Crippen LogP contribution in [0.3, 0.4) is 0 Å². The molecule has 0 aromatic rings. The molecule has 0 fully saturated rings. The second kappa shape index (κ2) is 3.62. The number of rotatable bonds is 4. The predicted octanol–water partition coefficient (Wildman–Crippen LogP) is 2.61. The number of hydrogen-bond donors (Lipinski definition) is 0. The van der Waals surface area contributed by atoms with Crippen LogP contribution in [0.5, 0.6) is 0 Å². The van der Waals surface area contributed by atoms with Crippen LogP contribution < -0.4 is 0 Å². The van der Waals surface area contributed by atoms with Gasteiger partial charge >= 0.3 is 0 Å². The Morgan fingerprint density at radius 2 is 2.50 bits per heavy atom. The van der Waals surface area contributed by atoms with E-state index in [2.05, 4.69) is 24.6 Å². The van der Waals surface area contributed by atoms with Crippen molar-refractivity contribution in [1.82, 2.24) is 0 Å². The van der Waals surface area contributed by atoms with Crippen molar-refractivity contribution < 1.29 is 0 Å². The van der Waals surface area contributed by atoms with Gasteiger partial charge in [0.1, 0.15) is 0 Å². The summed E-state index contributed by atoms with van der Waals surface area (Å²) in [6.45, 7) is 5.75. The molecule has 54 valence electrons. The molecule has 1 nitrogen and oxygen atoms in total. The van der Waals surface area contributed by atoms with Gasteiger partial charge in [0.25, 0.3) is 0 Å². The first-order valence-electron chi connectivity index (χ1n) is 3.39. The van der Waals surface area contributed by atoms with E-state index in [-0.39, 0.29) is 0 Å². The van der Waals surface area contributed by atoms with E-state index in [1.165, 1.54) is 5.71 Å². The number of thioether (sulfide) groups is 1. The second-order valence-corrected chi connectivity index (χ2v) is 3.08. The van der Waals surface area contributed by atoms with E-state index in [1.54, 1.807) is 11.8 Å². The van der Waals surface area contributed by atoms with E-state index in [4.69, 9.17) is 0 Å². The number of hydrogen-bond acceptors (Lipinski definition) is 2. The zero-order valence-corrected chi connectivity index (χ0v) is 6.95. The highest BCUT2D eigenvalue weighted by Gasteiger charge is 2.06. The molecule has 0 spiro atoms. The van der Waals surface area contributed by atoms with E-state index < -0.39 is 0 Å². The van der Waals surface area contributed by atoms with Gasteiger partial charge in [0.2, 0.25) is 0 Å². The van der Waals surface area contributed by atoms with Crippen LogP contribution in [-0.4, -0.2) is 11.5 Å². The molecule has 1 aliphatic heterocycles. The lowest BCUT2D eigenvalue weighted by atomic mass is 10.2. The van der Waals surface area contributed by atoms with Crippen LogP contribution in [0.25, 0.3) is 0 Å². The van der Waals surface area contributed by atoms with Crippen LogP contribution in [0.1, 0.15) is 13.3 Å². The summed E-state index contributed by atoms with van der Waals surface area (Å²) in [6, 6.07) is 0. The summed E-state index contributed by atoms with van der Waals surface area (Å²) in [5, 5.41) is 1.15. The SMILES string of the molecule is C=CCSC1=CC(CC)=N1. The van der Waals surface area contributed by atoms with E-state index in [1.807, 2.05) is 6.08 Å². The molecule has 0 aromatic heterocycles. The van der Waals surface area contributed by atoms with Crippen molar-refractivity contribution in [3.05, 3.63) is 23.8 Å². The van der Waals surface area contributed by atoms with Gasteiger partial charge in [-0.05, 0) is 12.5 Å². The molecule has 0 saturated carbocycles. The van der Waals surface area contributed by atoms with Crippen LogP contribution in [0.2, 0.25) is 0 Å². The Morgan fingerprint density at radius 1 is 1.80 bits per heavy atom. The summed E-state index contributed by atoms with van der Waals surface area (Å²) in [4.78, 5) is 4.27. The number of aliphatic imine (C=N–C) groups is 1. The van der Waals surface area contributed by atoms with Gasteiger partial charge in [-0.2, -0.15) is 0 Å². The molecule has 0 atom stereocenters. The lowest BCUT2D eigenvalue weighted by Crippen LogP contribution is -2.01. The summed E-state index contributed by atoms with van der Waals surface area (Å²) in [6.07, 6.45) is 5.08. The van der Waals surface area contributed by atoms with E-state index in [9.17, 15) is 0 Å². The minimum absolute atomic E-state index is 0.965. The van der Waals surface area contributed by atoms with Crippen molar-refractivity contribution in [3.63, 3.8) is 0 Å². The average molecular weight is 153 g/mol. The zero-order valence-electron chi connectivity index (χ0n) is 6.13. The standard InChI is InChI=1S/C8H11NS/c1-3-5-10-8-6-7(4-2)9-8/h3,6H,1,4-5H2,2H3. The highest BCUT2D eigenvalue weighted by atomic mass is 32.2. The van der Waals surface area contributed by atoms with Crippen LogP contribution in [0.15, 0.2) is 28.8 Å². The van der Waals surface area contributed by atoms with Gasteiger partial charge in [0.15, 0.2) is 0 Å². The van der Waals surface area contributed by atoms with Crippen molar-refractivity contribution in [2.75, 3.05) is 5.75 Å². The third-order valence-corrected chi connectivity index (χ3v) is 2.16. The normalized spacial score (nSPS) is 15.3. The lowest BCUT2D eigenvalue weighted by molar-refractivity contribution is 1.24. The summed E-state index contributed by atoms with van der Waals surface area (Å²) in [5.74, 6) is 0.965. The van der Waals surface area contributed by atoms with Gasteiger partial charge in [-0.3, -0.25) is 0 Å². The molecule has 0 amide bonds. The Bertz CT molecular complexity index is 191. The van der Waals surface area contributed by atoms with Gasteiger partial charge in [-0.15, -0.1) is 18.3 Å². The first-order valence-corrected chi connectivity index (χ1v) is 4.38. The summed E-state index contributed by atoms with van der Waals surface area (Å²) in [5.41, 5.74) is 1.21. The monoisotopic (exact) mass is 153 g/mol. The summed E-state index contributed by atoms with van der Waals surface area (Å²) < 4.78 is 0. The van der Waals surface area contributed by atoms with Crippen LogP contribution in [0.4, 0.5) is 0 Å². The molecule has 10 heavy (non-hydrogen) atoms.